The monoisotopic (exact) mass is 398 g/mol. The summed E-state index contributed by atoms with van der Waals surface area (Å²) in [6, 6.07) is 5.88. The fourth-order valence-electron chi connectivity index (χ4n) is 1.08. The second-order valence-electron chi connectivity index (χ2n) is 2.76. The number of hydrogen-bond acceptors (Lipinski definition) is 3. The topological polar surface area (TPSA) is 38.9 Å². The Hall–Kier alpha value is -0.140. The van der Waals surface area contributed by atoms with E-state index in [9.17, 15) is 0 Å². The van der Waals surface area contributed by atoms with Crippen molar-refractivity contribution in [2.45, 2.75) is 5.88 Å². The number of rotatable bonds is 2. The number of nitrogens with zero attached hydrogens (tertiary/aromatic N) is 2. The molecular weight excluding hydrogens is 394 g/mol. The zero-order valence-electron chi connectivity index (χ0n) is 7.38. The van der Waals surface area contributed by atoms with E-state index in [0.717, 1.165) is 13.6 Å². The minimum atomic E-state index is 0.234. The molecule has 0 atom stereocenters. The van der Waals surface area contributed by atoms with Crippen LogP contribution in [0.25, 0.3) is 11.5 Å². The van der Waals surface area contributed by atoms with Gasteiger partial charge >= 0.3 is 0 Å². The van der Waals surface area contributed by atoms with Crippen LogP contribution in [0.1, 0.15) is 5.89 Å². The van der Waals surface area contributed by atoms with Crippen molar-refractivity contribution in [2.24, 2.45) is 0 Å². The van der Waals surface area contributed by atoms with Crippen LogP contribution in [0, 0.1) is 3.57 Å². The van der Waals surface area contributed by atoms with Crippen molar-refractivity contribution < 1.29 is 4.42 Å². The Morgan fingerprint density at radius 3 is 2.87 bits per heavy atom. The van der Waals surface area contributed by atoms with E-state index in [4.69, 9.17) is 16.0 Å². The first kappa shape index (κ1) is 11.3. The summed E-state index contributed by atoms with van der Waals surface area (Å²) >= 11 is 11.2. The molecule has 2 rings (SSSR count). The molecule has 0 fully saturated rings. The van der Waals surface area contributed by atoms with Gasteiger partial charge in [-0.05, 0) is 40.8 Å². The molecule has 0 aliphatic rings. The smallest absolute Gasteiger partial charge is 0.248 e. The van der Waals surface area contributed by atoms with Gasteiger partial charge in [0.2, 0.25) is 11.8 Å². The lowest BCUT2D eigenvalue weighted by molar-refractivity contribution is 0.527. The van der Waals surface area contributed by atoms with Gasteiger partial charge in [0.15, 0.2) is 0 Å². The number of benzene rings is 1. The van der Waals surface area contributed by atoms with Gasteiger partial charge in [-0.1, -0.05) is 15.9 Å². The normalized spacial score (nSPS) is 10.6. The molecule has 0 saturated carbocycles. The Morgan fingerprint density at radius 2 is 2.20 bits per heavy atom. The molecule has 0 spiro atoms. The molecule has 1 heterocycles. The summed E-state index contributed by atoms with van der Waals surface area (Å²) in [6.45, 7) is 0. The van der Waals surface area contributed by atoms with Crippen molar-refractivity contribution in [1.82, 2.24) is 10.2 Å². The van der Waals surface area contributed by atoms with Gasteiger partial charge in [0.25, 0.3) is 0 Å². The number of alkyl halides is 1. The molecule has 0 N–H and O–H groups in total. The van der Waals surface area contributed by atoms with Crippen LogP contribution in [0.2, 0.25) is 0 Å². The van der Waals surface area contributed by atoms with E-state index in [0.29, 0.717) is 11.8 Å². The fraction of sp³-hybridized carbons (Fsp3) is 0.111. The van der Waals surface area contributed by atoms with Gasteiger partial charge in [-0.15, -0.1) is 21.8 Å². The molecule has 15 heavy (non-hydrogen) atoms. The third-order valence-electron chi connectivity index (χ3n) is 1.74. The average Bonchev–Trinajstić information content (AvgIpc) is 2.70. The summed E-state index contributed by atoms with van der Waals surface area (Å²) in [6.07, 6.45) is 0. The summed E-state index contributed by atoms with van der Waals surface area (Å²) in [5, 5.41) is 7.75. The summed E-state index contributed by atoms with van der Waals surface area (Å²) in [5.41, 5.74) is 0.911. The zero-order chi connectivity index (χ0) is 10.8. The molecule has 1 aromatic heterocycles. The van der Waals surface area contributed by atoms with Crippen molar-refractivity contribution in [3.63, 3.8) is 0 Å². The molecule has 0 bridgehead atoms. The van der Waals surface area contributed by atoms with Crippen LogP contribution in [0.5, 0.6) is 0 Å². The van der Waals surface area contributed by atoms with E-state index in [1.807, 2.05) is 18.2 Å². The highest BCUT2D eigenvalue weighted by molar-refractivity contribution is 14.1. The first-order valence-electron chi connectivity index (χ1n) is 4.04. The highest BCUT2D eigenvalue weighted by Crippen LogP contribution is 2.27. The van der Waals surface area contributed by atoms with Crippen LogP contribution in [0.15, 0.2) is 27.1 Å². The van der Waals surface area contributed by atoms with E-state index in [1.54, 1.807) is 0 Å². The van der Waals surface area contributed by atoms with E-state index >= 15 is 0 Å². The van der Waals surface area contributed by atoms with Gasteiger partial charge < -0.3 is 4.42 Å². The van der Waals surface area contributed by atoms with Crippen molar-refractivity contribution in [3.05, 3.63) is 32.1 Å². The predicted octanol–water partition coefficient (Wildman–Crippen LogP) is 3.84. The number of hydrogen-bond donors (Lipinski definition) is 0. The molecule has 6 heteroatoms. The summed E-state index contributed by atoms with van der Waals surface area (Å²) in [5.74, 6) is 1.16. The quantitative estimate of drug-likeness (QED) is 0.569. The van der Waals surface area contributed by atoms with E-state index in [1.165, 1.54) is 0 Å². The molecule has 0 saturated heterocycles. The number of halogens is 3. The van der Waals surface area contributed by atoms with Gasteiger partial charge in [0.05, 0.1) is 5.56 Å². The molecule has 2 aromatic rings. The van der Waals surface area contributed by atoms with Gasteiger partial charge in [-0.2, -0.15) is 0 Å². The molecule has 0 unspecified atom stereocenters. The second-order valence-corrected chi connectivity index (χ2v) is 5.10. The van der Waals surface area contributed by atoms with Gasteiger partial charge in [0.1, 0.15) is 5.88 Å². The zero-order valence-corrected chi connectivity index (χ0v) is 11.9. The lowest BCUT2D eigenvalue weighted by atomic mass is 10.2. The molecule has 3 nitrogen and oxygen atoms in total. The SMILES string of the molecule is ClCc1nnc(-c2cc(Br)ccc2I)o1. The summed E-state index contributed by atoms with van der Waals surface area (Å²) in [4.78, 5) is 0. The average molecular weight is 399 g/mol. The van der Waals surface area contributed by atoms with E-state index in [2.05, 4.69) is 48.7 Å². The van der Waals surface area contributed by atoms with Crippen molar-refractivity contribution in [3.8, 4) is 11.5 Å². The van der Waals surface area contributed by atoms with Crippen LogP contribution in [-0.2, 0) is 5.88 Å². The Bertz CT molecular complexity index is 489. The minimum absolute atomic E-state index is 0.234. The Labute approximate surface area is 113 Å². The molecule has 0 aliphatic heterocycles. The highest BCUT2D eigenvalue weighted by atomic mass is 127. The van der Waals surface area contributed by atoms with E-state index < -0.39 is 0 Å². The molecule has 1 aromatic carbocycles. The standard InChI is InChI=1S/C9H5BrClIN2O/c10-5-1-2-7(12)6(3-5)9-14-13-8(4-11)15-9/h1-3H,4H2. The first-order valence-corrected chi connectivity index (χ1v) is 6.45. The van der Waals surface area contributed by atoms with E-state index in [-0.39, 0.29) is 5.88 Å². The Kier molecular flexibility index (Phi) is 3.63. The summed E-state index contributed by atoms with van der Waals surface area (Å²) < 4.78 is 7.41. The van der Waals surface area contributed by atoms with Gasteiger partial charge in [-0.3, -0.25) is 0 Å². The second kappa shape index (κ2) is 4.80. The van der Waals surface area contributed by atoms with Crippen molar-refractivity contribution in [1.29, 1.82) is 0 Å². The van der Waals surface area contributed by atoms with Crippen LogP contribution < -0.4 is 0 Å². The lowest BCUT2D eigenvalue weighted by Crippen LogP contribution is -1.83. The number of aromatic nitrogens is 2. The Morgan fingerprint density at radius 1 is 1.40 bits per heavy atom. The Balaban J connectivity index is 2.48. The largest absolute Gasteiger partial charge is 0.419 e. The molecular formula is C9H5BrClIN2O. The van der Waals surface area contributed by atoms with Gasteiger partial charge in [0, 0.05) is 8.04 Å². The molecule has 78 valence electrons. The van der Waals surface area contributed by atoms with Crippen LogP contribution in [0.4, 0.5) is 0 Å². The van der Waals surface area contributed by atoms with Crippen LogP contribution >= 0.6 is 50.1 Å². The maximum absolute atomic E-state index is 5.59. The third kappa shape index (κ3) is 2.51. The van der Waals surface area contributed by atoms with Crippen LogP contribution in [0.3, 0.4) is 0 Å². The van der Waals surface area contributed by atoms with Crippen molar-refractivity contribution in [2.75, 3.05) is 0 Å². The first-order chi connectivity index (χ1) is 7.20. The molecule has 0 aliphatic carbocycles. The predicted molar refractivity (Wildman–Crippen MR) is 69.7 cm³/mol. The highest BCUT2D eigenvalue weighted by Gasteiger charge is 2.11. The van der Waals surface area contributed by atoms with Crippen molar-refractivity contribution >= 4 is 50.1 Å². The maximum atomic E-state index is 5.59. The van der Waals surface area contributed by atoms with Crippen LogP contribution in [-0.4, -0.2) is 10.2 Å². The lowest BCUT2D eigenvalue weighted by Gasteiger charge is -1.99. The third-order valence-corrected chi connectivity index (χ3v) is 3.40. The fourth-order valence-corrected chi connectivity index (χ4v) is 2.11. The minimum Gasteiger partial charge on any atom is -0.419 e. The molecule has 0 radical (unpaired) electrons. The maximum Gasteiger partial charge on any atom is 0.248 e. The summed E-state index contributed by atoms with van der Waals surface area (Å²) in [7, 11) is 0. The molecule has 0 amide bonds. The van der Waals surface area contributed by atoms with Gasteiger partial charge in [-0.25, -0.2) is 0 Å².